The molecule has 0 aliphatic carbocycles. The molecule has 0 fully saturated rings. The molecule has 0 aliphatic rings. The number of nitrogens with two attached hydrogens (primary N) is 1. The lowest BCUT2D eigenvalue weighted by atomic mass is 10.1. The SMILES string of the molecule is NCC(F)(F)Cc1cccc(Br)c1. The van der Waals surface area contributed by atoms with Crippen molar-refractivity contribution in [2.24, 2.45) is 5.73 Å². The summed E-state index contributed by atoms with van der Waals surface area (Å²) in [7, 11) is 0. The molecule has 1 aromatic rings. The molecular weight excluding hydrogens is 240 g/mol. The minimum absolute atomic E-state index is 0.303. The lowest BCUT2D eigenvalue weighted by molar-refractivity contribution is 0.0115. The minimum atomic E-state index is -2.80. The van der Waals surface area contributed by atoms with E-state index in [-0.39, 0.29) is 6.42 Å². The Balaban J connectivity index is 2.74. The predicted octanol–water partition coefficient (Wildman–Crippen LogP) is 2.59. The van der Waals surface area contributed by atoms with Crippen LogP contribution in [-0.4, -0.2) is 12.5 Å². The van der Waals surface area contributed by atoms with Crippen LogP contribution in [-0.2, 0) is 6.42 Å². The third-order valence-electron chi connectivity index (χ3n) is 1.65. The van der Waals surface area contributed by atoms with Gasteiger partial charge in [-0.05, 0) is 17.7 Å². The summed E-state index contributed by atoms with van der Waals surface area (Å²) in [6, 6.07) is 6.86. The van der Waals surface area contributed by atoms with E-state index in [0.29, 0.717) is 5.56 Å². The van der Waals surface area contributed by atoms with E-state index in [9.17, 15) is 8.78 Å². The molecule has 1 aromatic carbocycles. The molecule has 72 valence electrons. The Hall–Kier alpha value is -0.480. The first kappa shape index (κ1) is 10.6. The Morgan fingerprint density at radius 3 is 2.62 bits per heavy atom. The van der Waals surface area contributed by atoms with Gasteiger partial charge in [-0.25, -0.2) is 8.78 Å². The van der Waals surface area contributed by atoms with Crippen molar-refractivity contribution >= 4 is 15.9 Å². The molecule has 0 saturated heterocycles. The smallest absolute Gasteiger partial charge is 0.264 e. The fourth-order valence-electron chi connectivity index (χ4n) is 1.02. The van der Waals surface area contributed by atoms with Gasteiger partial charge in [0.05, 0.1) is 6.54 Å². The van der Waals surface area contributed by atoms with E-state index in [2.05, 4.69) is 15.9 Å². The number of benzene rings is 1. The molecule has 0 atom stereocenters. The highest BCUT2D eigenvalue weighted by atomic mass is 79.9. The number of halogens is 3. The van der Waals surface area contributed by atoms with Crippen LogP contribution in [0.3, 0.4) is 0 Å². The van der Waals surface area contributed by atoms with Crippen LogP contribution in [0.2, 0.25) is 0 Å². The van der Waals surface area contributed by atoms with Gasteiger partial charge in [-0.2, -0.15) is 0 Å². The zero-order valence-corrected chi connectivity index (χ0v) is 8.52. The van der Waals surface area contributed by atoms with Gasteiger partial charge in [-0.3, -0.25) is 0 Å². The third-order valence-corrected chi connectivity index (χ3v) is 2.14. The minimum Gasteiger partial charge on any atom is -0.325 e. The van der Waals surface area contributed by atoms with Gasteiger partial charge in [0.15, 0.2) is 0 Å². The molecule has 0 aliphatic heterocycles. The summed E-state index contributed by atoms with van der Waals surface area (Å²) in [5.41, 5.74) is 5.52. The van der Waals surface area contributed by atoms with Crippen molar-refractivity contribution in [2.75, 3.05) is 6.54 Å². The zero-order valence-electron chi connectivity index (χ0n) is 6.93. The average molecular weight is 250 g/mol. The van der Waals surface area contributed by atoms with E-state index >= 15 is 0 Å². The molecule has 0 amide bonds. The molecule has 0 spiro atoms. The normalized spacial score (nSPS) is 11.7. The van der Waals surface area contributed by atoms with Crippen LogP contribution in [0.25, 0.3) is 0 Å². The lowest BCUT2D eigenvalue weighted by Crippen LogP contribution is -2.30. The molecule has 0 bridgehead atoms. The molecule has 4 heteroatoms. The van der Waals surface area contributed by atoms with Gasteiger partial charge in [-0.15, -0.1) is 0 Å². The Kier molecular flexibility index (Phi) is 3.39. The highest BCUT2D eigenvalue weighted by Gasteiger charge is 2.26. The second kappa shape index (κ2) is 4.15. The largest absolute Gasteiger partial charge is 0.325 e. The van der Waals surface area contributed by atoms with Crippen molar-refractivity contribution in [3.63, 3.8) is 0 Å². The van der Waals surface area contributed by atoms with Crippen LogP contribution in [0.4, 0.5) is 8.78 Å². The highest BCUT2D eigenvalue weighted by molar-refractivity contribution is 9.10. The van der Waals surface area contributed by atoms with Crippen LogP contribution < -0.4 is 5.73 Å². The molecule has 1 nitrogen and oxygen atoms in total. The molecule has 0 heterocycles. The van der Waals surface area contributed by atoms with Crippen LogP contribution in [0.15, 0.2) is 28.7 Å². The summed E-state index contributed by atoms with van der Waals surface area (Å²) in [5.74, 6) is -2.80. The van der Waals surface area contributed by atoms with E-state index in [1.54, 1.807) is 24.3 Å². The average Bonchev–Trinajstić information content (AvgIpc) is 2.03. The van der Waals surface area contributed by atoms with Crippen LogP contribution in [0, 0.1) is 0 Å². The Labute approximate surface area is 84.1 Å². The van der Waals surface area contributed by atoms with Crippen molar-refractivity contribution in [2.45, 2.75) is 12.3 Å². The topological polar surface area (TPSA) is 26.0 Å². The predicted molar refractivity (Wildman–Crippen MR) is 51.8 cm³/mol. The second-order valence-corrected chi connectivity index (χ2v) is 3.78. The van der Waals surface area contributed by atoms with Gasteiger partial charge in [0.25, 0.3) is 5.92 Å². The zero-order chi connectivity index (χ0) is 9.90. The van der Waals surface area contributed by atoms with Gasteiger partial charge in [0.1, 0.15) is 0 Å². The quantitative estimate of drug-likeness (QED) is 0.876. The molecule has 0 aromatic heterocycles. The van der Waals surface area contributed by atoms with E-state index in [1.807, 2.05) is 0 Å². The van der Waals surface area contributed by atoms with Crippen molar-refractivity contribution in [3.8, 4) is 0 Å². The Morgan fingerprint density at radius 1 is 1.38 bits per heavy atom. The van der Waals surface area contributed by atoms with Crippen LogP contribution in [0.5, 0.6) is 0 Å². The van der Waals surface area contributed by atoms with Gasteiger partial charge < -0.3 is 5.73 Å². The van der Waals surface area contributed by atoms with Gasteiger partial charge in [-0.1, -0.05) is 28.1 Å². The van der Waals surface area contributed by atoms with Gasteiger partial charge in [0.2, 0.25) is 0 Å². The van der Waals surface area contributed by atoms with Gasteiger partial charge >= 0.3 is 0 Å². The van der Waals surface area contributed by atoms with Crippen molar-refractivity contribution < 1.29 is 8.78 Å². The summed E-state index contributed by atoms with van der Waals surface area (Å²) in [5, 5.41) is 0. The fourth-order valence-corrected chi connectivity index (χ4v) is 1.46. The van der Waals surface area contributed by atoms with Crippen LogP contribution in [0.1, 0.15) is 5.56 Å². The summed E-state index contributed by atoms with van der Waals surface area (Å²) < 4.78 is 26.5. The Morgan fingerprint density at radius 2 is 2.08 bits per heavy atom. The molecule has 0 unspecified atom stereocenters. The maximum Gasteiger partial charge on any atom is 0.264 e. The molecule has 1 rings (SSSR count). The third kappa shape index (κ3) is 3.40. The lowest BCUT2D eigenvalue weighted by Gasteiger charge is -2.13. The first-order valence-electron chi connectivity index (χ1n) is 3.86. The molecule has 0 saturated carbocycles. The summed E-state index contributed by atoms with van der Waals surface area (Å²) in [4.78, 5) is 0. The first-order chi connectivity index (χ1) is 6.03. The maximum absolute atomic E-state index is 12.8. The number of alkyl halides is 2. The summed E-state index contributed by atoms with van der Waals surface area (Å²) in [6.45, 7) is -0.612. The Bertz CT molecular complexity index is 289. The second-order valence-electron chi connectivity index (χ2n) is 2.87. The van der Waals surface area contributed by atoms with Crippen molar-refractivity contribution in [1.82, 2.24) is 0 Å². The molecule has 0 radical (unpaired) electrons. The first-order valence-corrected chi connectivity index (χ1v) is 4.65. The monoisotopic (exact) mass is 249 g/mol. The van der Waals surface area contributed by atoms with Crippen molar-refractivity contribution in [1.29, 1.82) is 0 Å². The number of hydrogen-bond donors (Lipinski definition) is 1. The number of rotatable bonds is 3. The number of hydrogen-bond acceptors (Lipinski definition) is 1. The summed E-state index contributed by atoms with van der Waals surface area (Å²) >= 11 is 3.22. The standard InChI is InChI=1S/C9H10BrF2N/c10-8-3-1-2-7(4-8)5-9(11,12)6-13/h1-4H,5-6,13H2. The van der Waals surface area contributed by atoms with Crippen LogP contribution >= 0.6 is 15.9 Å². The summed E-state index contributed by atoms with van der Waals surface area (Å²) in [6.07, 6.45) is -0.303. The molecule has 2 N–H and O–H groups in total. The van der Waals surface area contributed by atoms with Gasteiger partial charge in [0, 0.05) is 10.9 Å². The fraction of sp³-hybridized carbons (Fsp3) is 0.333. The van der Waals surface area contributed by atoms with E-state index in [0.717, 1.165) is 4.47 Å². The molecule has 13 heavy (non-hydrogen) atoms. The maximum atomic E-state index is 12.8. The van der Waals surface area contributed by atoms with E-state index in [1.165, 1.54) is 0 Å². The highest BCUT2D eigenvalue weighted by Crippen LogP contribution is 2.20. The van der Waals surface area contributed by atoms with E-state index < -0.39 is 12.5 Å². The molecular formula is C9H10BrF2N. The van der Waals surface area contributed by atoms with Crippen molar-refractivity contribution in [3.05, 3.63) is 34.3 Å². The van der Waals surface area contributed by atoms with E-state index in [4.69, 9.17) is 5.73 Å².